The Kier molecular flexibility index (Phi) is 16.6. The number of carbonyl (C=O) groups is 3. The summed E-state index contributed by atoms with van der Waals surface area (Å²) in [5.41, 5.74) is 4.41. The maximum absolute atomic E-state index is 13.9. The molecule has 90 heavy (non-hydrogen) atoms. The molecule has 10 aromatic rings. The molecule has 0 bridgehead atoms. The van der Waals surface area contributed by atoms with Gasteiger partial charge in [0, 0.05) is 17.1 Å². The molecule has 18 nitrogen and oxygen atoms in total. The largest absolute Gasteiger partial charge is 0.494 e. The number of β-lactam (4-membered cyclic amide) rings is 3. The van der Waals surface area contributed by atoms with Crippen LogP contribution in [0.1, 0.15) is 55.6 Å². The van der Waals surface area contributed by atoms with Crippen LogP contribution >= 0.6 is 0 Å². The summed E-state index contributed by atoms with van der Waals surface area (Å²) < 4.78 is 55.2. The van der Waals surface area contributed by atoms with E-state index < -0.39 is 36.4 Å². The maximum Gasteiger partial charge on any atom is 0.331 e. The van der Waals surface area contributed by atoms with Gasteiger partial charge in [0.2, 0.25) is 18.3 Å². The first kappa shape index (κ1) is 57.7. The smallest absolute Gasteiger partial charge is 0.331 e. The molecular weight excluding hydrogens is 1140 g/mol. The van der Waals surface area contributed by atoms with E-state index in [0.717, 1.165) is 16.7 Å². The Hall–Kier alpha value is -11.4. The molecule has 3 amide bonds. The lowest BCUT2D eigenvalue weighted by Crippen LogP contribution is -2.61. The quantitative estimate of drug-likeness (QED) is 0.0520. The van der Waals surface area contributed by atoms with Crippen LogP contribution < -0.4 is 57.3 Å². The number of hydrogen-bond donors (Lipinski definition) is 0. The Morgan fingerprint density at radius 1 is 0.289 bits per heavy atom. The van der Waals surface area contributed by atoms with Gasteiger partial charge in [-0.3, -0.25) is 29.1 Å². The number of anilines is 3. The van der Waals surface area contributed by atoms with Crippen LogP contribution in [0.2, 0.25) is 0 Å². The Labute approximate surface area is 519 Å². The van der Waals surface area contributed by atoms with Crippen molar-refractivity contribution in [3.63, 3.8) is 0 Å². The van der Waals surface area contributed by atoms with Gasteiger partial charge in [0.15, 0.2) is 0 Å². The lowest BCUT2D eigenvalue weighted by atomic mass is 9.89. The van der Waals surface area contributed by atoms with E-state index >= 15 is 0 Å². The number of ether oxygens (including phenoxy) is 9. The fraction of sp³-hybridized carbons (Fsp3) is 0.167. The number of nitrogens with zero attached hydrogens (tertiary/aromatic N) is 6. The highest BCUT2D eigenvalue weighted by Gasteiger charge is 2.53. The number of para-hydroxylation sites is 3. The molecule has 6 unspecified atom stereocenters. The van der Waals surface area contributed by atoms with Crippen molar-refractivity contribution in [3.8, 4) is 69.8 Å². The molecule has 6 atom stereocenters. The number of hydrogen-bond acceptors (Lipinski definition) is 15. The molecule has 3 fully saturated rings. The standard InChI is InChI=1S/C72H60N6O12/c1-4-82-52-40-28-49(29-41-52)76-61(64(67(76)79)85-55-16-10-7-11-17-55)46-22-34-58(35-23-46)88-70-73-71(89-59-36-24-47(25-37-59)62-65(86-56-18-12-8-13-19-56)68(80)77(62)50-30-42-53(43-31-50)83-5-2)75-72(74-70)90-60-38-26-48(27-39-60)63-66(87-57-20-14-9-15-21-57)69(81)78(63)51-32-44-54(45-33-51)84-6-3/h7-45,61-66H,4-6H2,1-3H3. The van der Waals surface area contributed by atoms with Crippen LogP contribution in [0.25, 0.3) is 0 Å². The van der Waals surface area contributed by atoms with Gasteiger partial charge >= 0.3 is 18.0 Å². The van der Waals surface area contributed by atoms with E-state index in [1.54, 1.807) is 51.1 Å². The second kappa shape index (κ2) is 25.9. The second-order valence-electron chi connectivity index (χ2n) is 21.0. The van der Waals surface area contributed by atoms with Crippen molar-refractivity contribution in [2.24, 2.45) is 0 Å². The molecule has 9 aromatic carbocycles. The Bertz CT molecular complexity index is 3660. The fourth-order valence-corrected chi connectivity index (χ4v) is 11.1. The summed E-state index contributed by atoms with van der Waals surface area (Å²) in [5, 5.41) is 0. The number of aromatic nitrogens is 3. The topological polar surface area (TPSA) is 183 Å². The minimum Gasteiger partial charge on any atom is -0.494 e. The van der Waals surface area contributed by atoms with Crippen LogP contribution in [-0.4, -0.2) is 70.8 Å². The Morgan fingerprint density at radius 2 is 0.522 bits per heavy atom. The molecule has 0 spiro atoms. The summed E-state index contributed by atoms with van der Waals surface area (Å²) >= 11 is 0. The van der Waals surface area contributed by atoms with E-state index in [1.165, 1.54) is 0 Å². The zero-order valence-corrected chi connectivity index (χ0v) is 49.2. The third-order valence-corrected chi connectivity index (χ3v) is 15.3. The Morgan fingerprint density at radius 3 is 0.756 bits per heavy atom. The van der Waals surface area contributed by atoms with Crippen LogP contribution in [0.3, 0.4) is 0 Å². The molecule has 18 heteroatoms. The van der Waals surface area contributed by atoms with Crippen molar-refractivity contribution in [3.05, 3.63) is 253 Å². The average Bonchev–Trinajstić information content (AvgIpc) is 0.764. The minimum absolute atomic E-state index is 0.157. The molecule has 4 heterocycles. The summed E-state index contributed by atoms with van der Waals surface area (Å²) in [5.74, 6) is 4.26. The van der Waals surface area contributed by atoms with Gasteiger partial charge in [0.1, 0.15) is 69.9 Å². The monoisotopic (exact) mass is 1200 g/mol. The van der Waals surface area contributed by atoms with Crippen LogP contribution in [0.5, 0.6) is 69.8 Å². The molecule has 3 aliphatic heterocycles. The van der Waals surface area contributed by atoms with Crippen molar-refractivity contribution in [2.45, 2.75) is 57.2 Å². The van der Waals surface area contributed by atoms with Crippen LogP contribution in [0.4, 0.5) is 17.1 Å². The SMILES string of the molecule is CCOc1ccc(N2C(=O)C(Oc3ccccc3)C2c2ccc(Oc3nc(Oc4ccc(C5C(Oc6ccccc6)C(=O)N5c5ccc(OCC)cc5)cc4)nc(Oc4ccc(C5C(Oc6ccccc6)C(=O)N5c5ccc(OCC)cc5)cc4)n3)cc2)cc1. The zero-order valence-electron chi connectivity index (χ0n) is 49.2. The Balaban J connectivity index is 0.793. The average molecular weight is 1200 g/mol. The molecule has 0 radical (unpaired) electrons. The van der Waals surface area contributed by atoms with Crippen molar-refractivity contribution in [1.29, 1.82) is 0 Å². The molecule has 0 saturated carbocycles. The van der Waals surface area contributed by atoms with Gasteiger partial charge in [-0.2, -0.15) is 0 Å². The predicted octanol–water partition coefficient (Wildman–Crippen LogP) is 14.1. The van der Waals surface area contributed by atoms with Gasteiger partial charge in [-0.25, -0.2) is 0 Å². The van der Waals surface area contributed by atoms with E-state index in [-0.39, 0.29) is 35.8 Å². The van der Waals surface area contributed by atoms with Gasteiger partial charge in [-0.15, -0.1) is 15.0 Å². The normalized spacial score (nSPS) is 18.3. The second-order valence-corrected chi connectivity index (χ2v) is 21.0. The zero-order chi connectivity index (χ0) is 61.5. The first-order valence-corrected chi connectivity index (χ1v) is 29.6. The maximum atomic E-state index is 13.9. The molecule has 1 aromatic heterocycles. The number of amides is 3. The molecule has 13 rings (SSSR count). The van der Waals surface area contributed by atoms with Crippen LogP contribution in [-0.2, 0) is 14.4 Å². The van der Waals surface area contributed by atoms with Gasteiger partial charge in [0.25, 0.3) is 17.7 Å². The van der Waals surface area contributed by atoms with Gasteiger partial charge in [-0.1, -0.05) is 91.0 Å². The van der Waals surface area contributed by atoms with Gasteiger partial charge < -0.3 is 42.6 Å². The van der Waals surface area contributed by atoms with E-state index in [1.807, 2.05) is 221 Å². The third kappa shape index (κ3) is 12.2. The van der Waals surface area contributed by atoms with E-state index in [4.69, 9.17) is 42.6 Å². The predicted molar refractivity (Wildman–Crippen MR) is 335 cm³/mol. The minimum atomic E-state index is -0.813. The summed E-state index contributed by atoms with van der Waals surface area (Å²) in [6, 6.07) is 69.6. The van der Waals surface area contributed by atoms with E-state index in [2.05, 4.69) is 15.0 Å². The lowest BCUT2D eigenvalue weighted by molar-refractivity contribution is -0.135. The molecule has 450 valence electrons. The molecule has 0 aliphatic carbocycles. The summed E-state index contributed by atoms with van der Waals surface area (Å²) in [6.07, 6.45) is -2.44. The highest BCUT2D eigenvalue weighted by molar-refractivity contribution is 6.07. The van der Waals surface area contributed by atoms with Gasteiger partial charge in [-0.05, 0) is 183 Å². The van der Waals surface area contributed by atoms with Crippen molar-refractivity contribution >= 4 is 34.8 Å². The van der Waals surface area contributed by atoms with Gasteiger partial charge in [0.05, 0.1) is 19.8 Å². The molecule has 0 N–H and O–H groups in total. The van der Waals surface area contributed by atoms with E-state index in [0.29, 0.717) is 88.6 Å². The fourth-order valence-electron chi connectivity index (χ4n) is 11.1. The first-order valence-electron chi connectivity index (χ1n) is 29.6. The van der Waals surface area contributed by atoms with Crippen LogP contribution in [0.15, 0.2) is 237 Å². The van der Waals surface area contributed by atoms with Crippen LogP contribution in [0, 0.1) is 0 Å². The van der Waals surface area contributed by atoms with Crippen molar-refractivity contribution in [1.82, 2.24) is 15.0 Å². The molecular formula is C72H60N6O12. The third-order valence-electron chi connectivity index (χ3n) is 15.3. The number of benzene rings is 9. The first-order chi connectivity index (χ1) is 44.2. The highest BCUT2D eigenvalue weighted by Crippen LogP contribution is 2.46. The number of carbonyl (C=O) groups excluding carboxylic acids is 3. The van der Waals surface area contributed by atoms with Crippen molar-refractivity contribution in [2.75, 3.05) is 34.5 Å². The molecule has 3 aliphatic rings. The molecule has 3 saturated heterocycles. The number of rotatable bonds is 24. The summed E-state index contributed by atoms with van der Waals surface area (Å²) in [4.78, 5) is 60.7. The summed E-state index contributed by atoms with van der Waals surface area (Å²) in [6.45, 7) is 7.28. The summed E-state index contributed by atoms with van der Waals surface area (Å²) in [7, 11) is 0. The lowest BCUT2D eigenvalue weighted by Gasteiger charge is -2.46. The van der Waals surface area contributed by atoms with Crippen molar-refractivity contribution < 1.29 is 57.0 Å². The highest BCUT2D eigenvalue weighted by atomic mass is 16.5. The van der Waals surface area contributed by atoms with E-state index in [9.17, 15) is 14.4 Å².